The van der Waals surface area contributed by atoms with Crippen molar-refractivity contribution in [3.05, 3.63) is 205 Å². The fourth-order valence-corrected chi connectivity index (χ4v) is 12.0. The molecule has 0 atom stereocenters. The molecular formula is C59H38S. The van der Waals surface area contributed by atoms with Crippen LogP contribution in [0.5, 0.6) is 0 Å². The number of rotatable bonds is 3. The third kappa shape index (κ3) is 4.73. The summed E-state index contributed by atoms with van der Waals surface area (Å²) in [5.74, 6) is 0. The second-order valence-electron chi connectivity index (χ2n) is 17.2. The molecule has 1 aliphatic rings. The molecule has 0 saturated heterocycles. The molecule has 0 unspecified atom stereocenters. The molecule has 1 heterocycles. The number of hydrogen-bond donors (Lipinski definition) is 0. The van der Waals surface area contributed by atoms with Gasteiger partial charge in [0.1, 0.15) is 0 Å². The molecular weight excluding hydrogens is 741 g/mol. The molecule has 1 heteroatoms. The molecule has 12 aromatic rings. The van der Waals surface area contributed by atoms with Gasteiger partial charge in [0.05, 0.1) is 0 Å². The van der Waals surface area contributed by atoms with Crippen LogP contribution in [-0.2, 0) is 5.41 Å². The highest BCUT2D eigenvalue weighted by molar-refractivity contribution is 7.26. The van der Waals surface area contributed by atoms with Crippen molar-refractivity contribution < 1.29 is 0 Å². The molecule has 0 aliphatic heterocycles. The highest BCUT2D eigenvalue weighted by Crippen LogP contribution is 2.53. The predicted molar refractivity (Wildman–Crippen MR) is 261 cm³/mol. The Morgan fingerprint density at radius 2 is 0.883 bits per heavy atom. The standard InChI is InChI=1S/C59H38S/c1-59(2)53-25-12-11-18-42(53)50-34-55-51(33-54(50)59)52-32-49(41-17-5-10-23-48(41)58(52)60-55)38-28-26-37-31-39(29-27-36(37)30-38)56-44-19-6-8-21-46(44)57(47-22-9-7-20-45(47)56)43-24-13-15-35-14-3-4-16-40(35)43/h3-34H,1-2H3. The molecule has 0 N–H and O–H groups in total. The molecule has 0 radical (unpaired) electrons. The first kappa shape index (κ1) is 33.9. The van der Waals surface area contributed by atoms with E-state index in [2.05, 4.69) is 208 Å². The van der Waals surface area contributed by atoms with Crippen molar-refractivity contribution in [3.63, 3.8) is 0 Å². The summed E-state index contributed by atoms with van der Waals surface area (Å²) in [6.45, 7) is 4.76. The van der Waals surface area contributed by atoms with Crippen molar-refractivity contribution in [1.82, 2.24) is 0 Å². The van der Waals surface area contributed by atoms with Gasteiger partial charge in [-0.15, -0.1) is 11.3 Å². The Morgan fingerprint density at radius 3 is 1.63 bits per heavy atom. The molecule has 0 fully saturated rings. The number of fused-ring (bicyclic) bond motifs is 12. The zero-order valence-corrected chi connectivity index (χ0v) is 34.2. The van der Waals surface area contributed by atoms with E-state index in [0.29, 0.717) is 0 Å². The second kappa shape index (κ2) is 12.5. The van der Waals surface area contributed by atoms with Gasteiger partial charge in [0.15, 0.2) is 0 Å². The van der Waals surface area contributed by atoms with E-state index in [1.54, 1.807) is 0 Å². The Hall–Kier alpha value is -7.06. The summed E-state index contributed by atoms with van der Waals surface area (Å²) in [5.41, 5.74) is 13.2. The molecule has 0 nitrogen and oxygen atoms in total. The number of thiophene rings is 1. The molecule has 1 aliphatic carbocycles. The summed E-state index contributed by atoms with van der Waals surface area (Å²) in [6, 6.07) is 73.0. The van der Waals surface area contributed by atoms with Crippen molar-refractivity contribution in [1.29, 1.82) is 0 Å². The van der Waals surface area contributed by atoms with Crippen LogP contribution in [0.2, 0.25) is 0 Å². The van der Waals surface area contributed by atoms with Crippen LogP contribution in [0.3, 0.4) is 0 Å². The summed E-state index contributed by atoms with van der Waals surface area (Å²) >= 11 is 1.94. The molecule has 0 bridgehead atoms. The van der Waals surface area contributed by atoms with Crippen LogP contribution < -0.4 is 0 Å². The van der Waals surface area contributed by atoms with Crippen LogP contribution in [0.4, 0.5) is 0 Å². The first-order valence-electron chi connectivity index (χ1n) is 21.0. The van der Waals surface area contributed by atoms with Crippen molar-refractivity contribution in [3.8, 4) is 44.5 Å². The predicted octanol–water partition coefficient (Wildman–Crippen LogP) is 17.1. The third-order valence-corrected chi connectivity index (χ3v) is 14.8. The maximum Gasteiger partial charge on any atom is 0.0434 e. The zero-order valence-electron chi connectivity index (χ0n) is 33.4. The molecule has 280 valence electrons. The Morgan fingerprint density at radius 1 is 0.317 bits per heavy atom. The molecule has 60 heavy (non-hydrogen) atoms. The summed E-state index contributed by atoms with van der Waals surface area (Å²) < 4.78 is 2.73. The maximum absolute atomic E-state index is 2.51. The van der Waals surface area contributed by atoms with Crippen molar-refractivity contribution in [2.24, 2.45) is 0 Å². The van der Waals surface area contributed by atoms with Gasteiger partial charge in [0.2, 0.25) is 0 Å². The summed E-state index contributed by atoms with van der Waals surface area (Å²) in [4.78, 5) is 0. The van der Waals surface area contributed by atoms with E-state index >= 15 is 0 Å². The van der Waals surface area contributed by atoms with Crippen molar-refractivity contribution >= 4 is 85.4 Å². The van der Waals surface area contributed by atoms with E-state index in [1.165, 1.54) is 130 Å². The van der Waals surface area contributed by atoms with Gasteiger partial charge >= 0.3 is 0 Å². The highest BCUT2D eigenvalue weighted by Gasteiger charge is 2.36. The molecule has 0 amide bonds. The van der Waals surface area contributed by atoms with E-state index in [1.807, 2.05) is 11.3 Å². The molecule has 0 spiro atoms. The van der Waals surface area contributed by atoms with Gasteiger partial charge in [-0.1, -0.05) is 178 Å². The second-order valence-corrected chi connectivity index (χ2v) is 18.2. The first-order chi connectivity index (χ1) is 29.5. The third-order valence-electron chi connectivity index (χ3n) is 13.6. The van der Waals surface area contributed by atoms with E-state index in [9.17, 15) is 0 Å². The molecule has 0 saturated carbocycles. The zero-order chi connectivity index (χ0) is 39.7. The van der Waals surface area contributed by atoms with Crippen LogP contribution >= 0.6 is 11.3 Å². The quantitative estimate of drug-likeness (QED) is 0.157. The normalized spacial score (nSPS) is 13.3. The lowest BCUT2D eigenvalue weighted by Crippen LogP contribution is -2.14. The van der Waals surface area contributed by atoms with E-state index < -0.39 is 0 Å². The SMILES string of the molecule is CC1(C)c2ccccc2-c2cc3sc4c5ccccc5c(-c5ccc6cc(-c7c8ccccc8c(-c8cccc9ccccc89)c8ccccc78)ccc6c5)cc4c3cc21. The smallest absolute Gasteiger partial charge is 0.0434 e. The highest BCUT2D eigenvalue weighted by atomic mass is 32.1. The van der Waals surface area contributed by atoms with Crippen LogP contribution in [0.15, 0.2) is 194 Å². The molecule has 11 aromatic carbocycles. The average Bonchev–Trinajstić information content (AvgIpc) is 3.77. The Bertz CT molecular complexity index is 3740. The lowest BCUT2D eigenvalue weighted by molar-refractivity contribution is 0.661. The average molecular weight is 779 g/mol. The van der Waals surface area contributed by atoms with Gasteiger partial charge in [-0.2, -0.15) is 0 Å². The largest absolute Gasteiger partial charge is 0.135 e. The molecule has 13 rings (SSSR count). The summed E-state index contributed by atoms with van der Waals surface area (Å²) in [6.07, 6.45) is 0. The fraction of sp³-hybridized carbons (Fsp3) is 0.0508. The maximum atomic E-state index is 2.51. The minimum Gasteiger partial charge on any atom is -0.135 e. The van der Waals surface area contributed by atoms with Gasteiger partial charge in [-0.05, 0) is 134 Å². The van der Waals surface area contributed by atoms with Gasteiger partial charge in [0, 0.05) is 31.0 Å². The lowest BCUT2D eigenvalue weighted by Gasteiger charge is -2.21. The van der Waals surface area contributed by atoms with Crippen molar-refractivity contribution in [2.45, 2.75) is 19.3 Å². The van der Waals surface area contributed by atoms with Gasteiger partial charge in [-0.3, -0.25) is 0 Å². The van der Waals surface area contributed by atoms with Crippen LogP contribution in [0, 0.1) is 0 Å². The van der Waals surface area contributed by atoms with E-state index in [4.69, 9.17) is 0 Å². The van der Waals surface area contributed by atoms with Gasteiger partial charge < -0.3 is 0 Å². The van der Waals surface area contributed by atoms with Crippen LogP contribution in [0.1, 0.15) is 25.0 Å². The van der Waals surface area contributed by atoms with Gasteiger partial charge in [-0.25, -0.2) is 0 Å². The van der Waals surface area contributed by atoms with Crippen LogP contribution in [0.25, 0.3) is 119 Å². The van der Waals surface area contributed by atoms with Crippen LogP contribution in [-0.4, -0.2) is 0 Å². The Labute approximate surface area is 352 Å². The number of hydrogen-bond acceptors (Lipinski definition) is 1. The fourth-order valence-electron chi connectivity index (χ4n) is 10.8. The van der Waals surface area contributed by atoms with E-state index in [0.717, 1.165) is 0 Å². The van der Waals surface area contributed by atoms with E-state index in [-0.39, 0.29) is 5.41 Å². The summed E-state index contributed by atoms with van der Waals surface area (Å²) in [5, 5.41) is 15.5. The minimum absolute atomic E-state index is 0.0390. The summed E-state index contributed by atoms with van der Waals surface area (Å²) in [7, 11) is 0. The first-order valence-corrected chi connectivity index (χ1v) is 21.8. The van der Waals surface area contributed by atoms with Crippen molar-refractivity contribution in [2.75, 3.05) is 0 Å². The lowest BCUT2D eigenvalue weighted by atomic mass is 9.82. The Kier molecular flexibility index (Phi) is 7.04. The topological polar surface area (TPSA) is 0 Å². The van der Waals surface area contributed by atoms with Gasteiger partial charge in [0.25, 0.3) is 0 Å². The Balaban J connectivity index is 0.982. The minimum atomic E-state index is -0.0390. The number of benzene rings is 11. The monoisotopic (exact) mass is 778 g/mol. The molecule has 1 aromatic heterocycles.